The predicted molar refractivity (Wildman–Crippen MR) is 122 cm³/mol. The highest BCUT2D eigenvalue weighted by Crippen LogP contribution is 2.27. The van der Waals surface area contributed by atoms with Crippen LogP contribution in [-0.4, -0.2) is 32.2 Å². The third kappa shape index (κ3) is 5.72. The molecule has 0 aromatic heterocycles. The van der Waals surface area contributed by atoms with Crippen LogP contribution in [0, 0.1) is 18.3 Å². The quantitative estimate of drug-likeness (QED) is 0.565. The second kappa shape index (κ2) is 10.1. The molecule has 0 aliphatic rings. The molecule has 0 fully saturated rings. The number of nitrogens with one attached hydrogen (secondary N) is 1. The summed E-state index contributed by atoms with van der Waals surface area (Å²) >= 11 is 0. The highest BCUT2D eigenvalue weighted by Gasteiger charge is 2.23. The van der Waals surface area contributed by atoms with Crippen LogP contribution < -0.4 is 10.1 Å². The summed E-state index contributed by atoms with van der Waals surface area (Å²) in [4.78, 5) is 12.6. The molecular weight excluding hydrogens is 426 g/mol. The van der Waals surface area contributed by atoms with Gasteiger partial charge in [-0.05, 0) is 54.4 Å². The van der Waals surface area contributed by atoms with Crippen LogP contribution in [0.1, 0.15) is 16.7 Å². The van der Waals surface area contributed by atoms with E-state index < -0.39 is 15.9 Å². The lowest BCUT2D eigenvalue weighted by molar-refractivity contribution is -0.116. The summed E-state index contributed by atoms with van der Waals surface area (Å²) in [6.07, 6.45) is 0. The van der Waals surface area contributed by atoms with Crippen molar-refractivity contribution < 1.29 is 17.9 Å². The van der Waals surface area contributed by atoms with Crippen molar-refractivity contribution in [3.63, 3.8) is 0 Å². The van der Waals surface area contributed by atoms with E-state index in [1.807, 2.05) is 55.5 Å². The van der Waals surface area contributed by atoms with E-state index in [1.165, 1.54) is 31.3 Å². The predicted octanol–water partition coefficient (Wildman–Crippen LogP) is 3.70. The first kappa shape index (κ1) is 23.0. The first-order valence-corrected chi connectivity index (χ1v) is 11.3. The maximum atomic E-state index is 12.7. The maximum absolute atomic E-state index is 12.7. The van der Waals surface area contributed by atoms with Gasteiger partial charge in [-0.15, -0.1) is 0 Å². The van der Waals surface area contributed by atoms with Gasteiger partial charge in [0.25, 0.3) is 0 Å². The van der Waals surface area contributed by atoms with E-state index in [-0.39, 0.29) is 11.4 Å². The monoisotopic (exact) mass is 449 g/mol. The number of nitriles is 1. The van der Waals surface area contributed by atoms with Crippen LogP contribution in [0.3, 0.4) is 0 Å². The van der Waals surface area contributed by atoms with Crippen molar-refractivity contribution in [1.82, 2.24) is 4.31 Å². The Morgan fingerprint density at radius 3 is 2.41 bits per heavy atom. The lowest BCUT2D eigenvalue weighted by atomic mass is 10.2. The van der Waals surface area contributed by atoms with Crippen LogP contribution in [0.5, 0.6) is 5.75 Å². The molecule has 0 radical (unpaired) electrons. The lowest BCUT2D eigenvalue weighted by Gasteiger charge is -2.18. The summed E-state index contributed by atoms with van der Waals surface area (Å²) in [7, 11) is -2.55. The van der Waals surface area contributed by atoms with Crippen molar-refractivity contribution in [2.45, 2.75) is 18.4 Å². The normalized spacial score (nSPS) is 11.1. The Labute approximate surface area is 187 Å². The second-order valence-electron chi connectivity index (χ2n) is 7.22. The van der Waals surface area contributed by atoms with Gasteiger partial charge < -0.3 is 10.1 Å². The van der Waals surface area contributed by atoms with Gasteiger partial charge in [0.05, 0.1) is 28.8 Å². The summed E-state index contributed by atoms with van der Waals surface area (Å²) in [5.74, 6) is -0.00191. The number of anilines is 1. The Balaban J connectivity index is 1.69. The number of benzene rings is 3. The largest absolute Gasteiger partial charge is 0.487 e. The van der Waals surface area contributed by atoms with Gasteiger partial charge in [0.15, 0.2) is 0 Å². The molecular formula is C24H23N3O4S. The average Bonchev–Trinajstić information content (AvgIpc) is 2.79. The van der Waals surface area contributed by atoms with Crippen LogP contribution in [0.15, 0.2) is 77.7 Å². The Morgan fingerprint density at radius 2 is 1.75 bits per heavy atom. The number of likely N-dealkylation sites (N-methyl/N-ethyl adjacent to an activating group) is 1. The van der Waals surface area contributed by atoms with Crippen LogP contribution in [-0.2, 0) is 21.4 Å². The van der Waals surface area contributed by atoms with Gasteiger partial charge in [0, 0.05) is 7.05 Å². The van der Waals surface area contributed by atoms with E-state index in [4.69, 9.17) is 10.00 Å². The Morgan fingerprint density at radius 1 is 1.06 bits per heavy atom. The molecule has 3 rings (SSSR count). The second-order valence-corrected chi connectivity index (χ2v) is 9.26. The van der Waals surface area contributed by atoms with E-state index >= 15 is 0 Å². The molecule has 1 N–H and O–H groups in total. The molecule has 0 spiro atoms. The Bertz CT molecular complexity index is 1230. The molecule has 0 unspecified atom stereocenters. The standard InChI is InChI=1S/C24H23N3O4S/c1-18-8-13-22(23(14-18)31-17-20-6-4-3-5-7-20)26-24(28)16-27(2)32(29,30)21-11-9-19(15-25)10-12-21/h3-14H,16-17H2,1-2H3,(H,26,28). The highest BCUT2D eigenvalue weighted by atomic mass is 32.2. The molecule has 0 heterocycles. The van der Waals surface area contributed by atoms with Gasteiger partial charge in [-0.3, -0.25) is 4.79 Å². The summed E-state index contributed by atoms with van der Waals surface area (Å²) in [5, 5.41) is 11.6. The number of nitrogens with zero attached hydrogens (tertiary/aromatic N) is 2. The number of rotatable bonds is 8. The molecule has 7 nitrogen and oxygen atoms in total. The molecule has 0 saturated carbocycles. The number of sulfonamides is 1. The van der Waals surface area contributed by atoms with Gasteiger partial charge in [-0.25, -0.2) is 8.42 Å². The topological polar surface area (TPSA) is 99.5 Å². The average molecular weight is 450 g/mol. The Hall–Kier alpha value is -3.67. The molecule has 0 aliphatic heterocycles. The molecule has 0 atom stereocenters. The SMILES string of the molecule is Cc1ccc(NC(=O)CN(C)S(=O)(=O)c2ccc(C#N)cc2)c(OCc2ccccc2)c1. The van der Waals surface area contributed by atoms with E-state index in [0.29, 0.717) is 23.6 Å². The van der Waals surface area contributed by atoms with Crippen LogP contribution >= 0.6 is 0 Å². The van der Waals surface area contributed by atoms with E-state index in [9.17, 15) is 13.2 Å². The van der Waals surface area contributed by atoms with Gasteiger partial charge in [-0.2, -0.15) is 9.57 Å². The summed E-state index contributed by atoms with van der Waals surface area (Å²) in [6, 6.07) is 22.5. The smallest absolute Gasteiger partial charge is 0.243 e. The number of carbonyl (C=O) groups is 1. The summed E-state index contributed by atoms with van der Waals surface area (Å²) in [6.45, 7) is 1.87. The third-order valence-electron chi connectivity index (χ3n) is 4.71. The summed E-state index contributed by atoms with van der Waals surface area (Å²) in [5.41, 5.74) is 2.76. The highest BCUT2D eigenvalue weighted by molar-refractivity contribution is 7.89. The first-order chi connectivity index (χ1) is 15.3. The summed E-state index contributed by atoms with van der Waals surface area (Å²) < 4.78 is 32.3. The first-order valence-electron chi connectivity index (χ1n) is 9.83. The number of hydrogen-bond acceptors (Lipinski definition) is 5. The number of aryl methyl sites for hydroxylation is 1. The molecule has 1 amide bonds. The molecule has 0 saturated heterocycles. The van der Waals surface area contributed by atoms with Crippen molar-refractivity contribution in [3.8, 4) is 11.8 Å². The van der Waals surface area contributed by atoms with Crippen LogP contribution in [0.2, 0.25) is 0 Å². The zero-order valence-electron chi connectivity index (χ0n) is 17.8. The fraction of sp³-hybridized carbons (Fsp3) is 0.167. The minimum Gasteiger partial charge on any atom is -0.487 e. The number of ether oxygens (including phenoxy) is 1. The molecule has 8 heteroatoms. The minimum absolute atomic E-state index is 0.00835. The van der Waals surface area contributed by atoms with Crippen LogP contribution in [0.4, 0.5) is 5.69 Å². The lowest BCUT2D eigenvalue weighted by Crippen LogP contribution is -2.35. The van der Waals surface area contributed by atoms with Crippen molar-refractivity contribution >= 4 is 21.6 Å². The zero-order valence-corrected chi connectivity index (χ0v) is 18.6. The molecule has 0 aliphatic carbocycles. The molecule has 3 aromatic carbocycles. The molecule has 3 aromatic rings. The molecule has 32 heavy (non-hydrogen) atoms. The fourth-order valence-corrected chi connectivity index (χ4v) is 4.07. The van der Waals surface area contributed by atoms with Crippen LogP contribution in [0.25, 0.3) is 0 Å². The minimum atomic E-state index is -3.88. The number of carbonyl (C=O) groups excluding carboxylic acids is 1. The maximum Gasteiger partial charge on any atom is 0.243 e. The zero-order chi connectivity index (χ0) is 23.1. The Kier molecular flexibility index (Phi) is 7.25. The number of amides is 1. The third-order valence-corrected chi connectivity index (χ3v) is 6.52. The van der Waals surface area contributed by atoms with Gasteiger partial charge in [-0.1, -0.05) is 36.4 Å². The number of hydrogen-bond donors (Lipinski definition) is 1. The van der Waals surface area contributed by atoms with E-state index in [1.54, 1.807) is 6.07 Å². The van der Waals surface area contributed by atoms with Gasteiger partial charge >= 0.3 is 0 Å². The van der Waals surface area contributed by atoms with Crippen molar-refractivity contribution in [1.29, 1.82) is 5.26 Å². The van der Waals surface area contributed by atoms with Gasteiger partial charge in [0.2, 0.25) is 15.9 Å². The van der Waals surface area contributed by atoms with Gasteiger partial charge in [0.1, 0.15) is 12.4 Å². The molecule has 0 bridgehead atoms. The van der Waals surface area contributed by atoms with Crippen molar-refractivity contribution in [3.05, 3.63) is 89.5 Å². The van der Waals surface area contributed by atoms with E-state index in [2.05, 4.69) is 5.32 Å². The van der Waals surface area contributed by atoms with E-state index in [0.717, 1.165) is 15.4 Å². The van der Waals surface area contributed by atoms with Crippen molar-refractivity contribution in [2.75, 3.05) is 18.9 Å². The fourth-order valence-electron chi connectivity index (χ4n) is 2.95. The van der Waals surface area contributed by atoms with Crippen molar-refractivity contribution in [2.24, 2.45) is 0 Å². The molecule has 164 valence electrons.